The van der Waals surface area contributed by atoms with Crippen LogP contribution in [0.4, 0.5) is 14.9 Å². The number of Topliss-reactive ketones (excluding diaryl/α,β-unsaturated/α-hetero) is 1. The number of alkyl halides is 1. The monoisotopic (exact) mass is 422 g/mol. The molecule has 164 valence electrons. The SMILES string of the molecule is CCCC(C)C(=O)c1ccc(-c2ccc(NC(=O)NC/C=C\C=C(/C)CF)cc2)cc1. The lowest BCUT2D eigenvalue weighted by atomic mass is 9.94. The molecule has 2 amide bonds. The number of ketones is 1. The van der Waals surface area contributed by atoms with E-state index in [9.17, 15) is 14.0 Å². The first-order valence-corrected chi connectivity index (χ1v) is 10.6. The van der Waals surface area contributed by atoms with E-state index in [-0.39, 0.29) is 17.7 Å². The topological polar surface area (TPSA) is 58.2 Å². The molecule has 0 aliphatic heterocycles. The van der Waals surface area contributed by atoms with Gasteiger partial charge in [0.15, 0.2) is 5.78 Å². The standard InChI is InChI=1S/C26H31FN2O2/c1-4-7-20(3)25(30)23-11-9-21(10-12-23)22-13-15-24(16-14-22)29-26(31)28-17-6-5-8-19(2)18-27/h5-6,8-16,20H,4,7,17-18H2,1-3H3,(H2,28,29,31)/b6-5-,19-8+. The van der Waals surface area contributed by atoms with E-state index >= 15 is 0 Å². The average Bonchev–Trinajstić information content (AvgIpc) is 2.79. The summed E-state index contributed by atoms with van der Waals surface area (Å²) < 4.78 is 12.3. The summed E-state index contributed by atoms with van der Waals surface area (Å²) in [5, 5.41) is 5.49. The van der Waals surface area contributed by atoms with Crippen LogP contribution in [0.15, 0.2) is 72.3 Å². The fourth-order valence-corrected chi connectivity index (χ4v) is 3.09. The van der Waals surface area contributed by atoms with Crippen molar-refractivity contribution in [3.63, 3.8) is 0 Å². The Bertz CT molecular complexity index is 915. The highest BCUT2D eigenvalue weighted by Crippen LogP contribution is 2.23. The summed E-state index contributed by atoms with van der Waals surface area (Å²) in [6.07, 6.45) is 7.03. The first kappa shape index (κ1) is 24.1. The van der Waals surface area contributed by atoms with E-state index < -0.39 is 6.67 Å². The number of carbonyl (C=O) groups excluding carboxylic acids is 2. The number of rotatable bonds is 10. The summed E-state index contributed by atoms with van der Waals surface area (Å²) in [4.78, 5) is 24.4. The van der Waals surface area contributed by atoms with Crippen molar-refractivity contribution in [1.29, 1.82) is 0 Å². The molecule has 4 nitrogen and oxygen atoms in total. The second kappa shape index (κ2) is 12.5. The second-order valence-electron chi connectivity index (χ2n) is 7.62. The highest BCUT2D eigenvalue weighted by Gasteiger charge is 2.14. The highest BCUT2D eigenvalue weighted by molar-refractivity contribution is 5.98. The van der Waals surface area contributed by atoms with Crippen molar-refractivity contribution in [3.8, 4) is 11.1 Å². The zero-order chi connectivity index (χ0) is 22.6. The Morgan fingerprint density at radius 3 is 2.23 bits per heavy atom. The number of hydrogen-bond acceptors (Lipinski definition) is 2. The minimum atomic E-state index is -0.477. The number of hydrogen-bond donors (Lipinski definition) is 2. The van der Waals surface area contributed by atoms with Crippen LogP contribution in [-0.4, -0.2) is 25.0 Å². The van der Waals surface area contributed by atoms with Crippen molar-refractivity contribution in [3.05, 3.63) is 77.9 Å². The van der Waals surface area contributed by atoms with Gasteiger partial charge in [-0.05, 0) is 42.2 Å². The van der Waals surface area contributed by atoms with Crippen LogP contribution in [0, 0.1) is 5.92 Å². The average molecular weight is 423 g/mol. The molecule has 2 N–H and O–H groups in total. The van der Waals surface area contributed by atoms with Crippen LogP contribution in [0.2, 0.25) is 0 Å². The molecule has 0 radical (unpaired) electrons. The smallest absolute Gasteiger partial charge is 0.319 e. The minimum absolute atomic E-state index is 0.0403. The number of urea groups is 1. The third-order valence-corrected chi connectivity index (χ3v) is 4.92. The molecule has 31 heavy (non-hydrogen) atoms. The number of carbonyl (C=O) groups is 2. The van der Waals surface area contributed by atoms with Crippen molar-refractivity contribution in [2.24, 2.45) is 5.92 Å². The molecule has 2 aromatic rings. The Labute approximate surface area is 184 Å². The Kier molecular flexibility index (Phi) is 9.69. The third-order valence-electron chi connectivity index (χ3n) is 4.92. The number of halogens is 1. The molecule has 0 fully saturated rings. The largest absolute Gasteiger partial charge is 0.334 e. The molecule has 0 bridgehead atoms. The van der Waals surface area contributed by atoms with Crippen molar-refractivity contribution in [2.75, 3.05) is 18.5 Å². The molecule has 2 rings (SSSR count). The maximum absolute atomic E-state index is 12.4. The Morgan fingerprint density at radius 2 is 1.65 bits per heavy atom. The Morgan fingerprint density at radius 1 is 1.03 bits per heavy atom. The van der Waals surface area contributed by atoms with Gasteiger partial charge in [0.25, 0.3) is 0 Å². The molecule has 0 heterocycles. The maximum Gasteiger partial charge on any atom is 0.319 e. The fourth-order valence-electron chi connectivity index (χ4n) is 3.09. The Balaban J connectivity index is 1.90. The van der Waals surface area contributed by atoms with E-state index in [4.69, 9.17) is 0 Å². The van der Waals surface area contributed by atoms with Crippen molar-refractivity contribution >= 4 is 17.5 Å². The number of amides is 2. The first-order valence-electron chi connectivity index (χ1n) is 10.6. The molecule has 0 aliphatic rings. The predicted molar refractivity (Wildman–Crippen MR) is 126 cm³/mol. The van der Waals surface area contributed by atoms with Gasteiger partial charge in [0.05, 0.1) is 0 Å². The van der Waals surface area contributed by atoms with E-state index in [0.29, 0.717) is 17.8 Å². The summed E-state index contributed by atoms with van der Waals surface area (Å²) in [6, 6.07) is 14.9. The van der Waals surface area contributed by atoms with Crippen LogP contribution < -0.4 is 10.6 Å². The molecule has 1 atom stereocenters. The molecule has 0 aliphatic carbocycles. The predicted octanol–water partition coefficient (Wildman–Crippen LogP) is 6.57. The van der Waals surface area contributed by atoms with Crippen LogP contribution in [0.25, 0.3) is 11.1 Å². The summed E-state index contributed by atoms with van der Waals surface area (Å²) in [7, 11) is 0. The second-order valence-corrected chi connectivity index (χ2v) is 7.62. The van der Waals surface area contributed by atoms with Gasteiger partial charge in [-0.25, -0.2) is 9.18 Å². The first-order chi connectivity index (χ1) is 14.9. The van der Waals surface area contributed by atoms with Gasteiger partial charge >= 0.3 is 6.03 Å². The zero-order valence-corrected chi connectivity index (χ0v) is 18.5. The van der Waals surface area contributed by atoms with E-state index in [2.05, 4.69) is 17.6 Å². The lowest BCUT2D eigenvalue weighted by molar-refractivity contribution is 0.0923. The van der Waals surface area contributed by atoms with E-state index in [0.717, 1.165) is 29.5 Å². The number of anilines is 1. The van der Waals surface area contributed by atoms with Crippen molar-refractivity contribution < 1.29 is 14.0 Å². The lowest BCUT2D eigenvalue weighted by Crippen LogP contribution is -2.28. The van der Waals surface area contributed by atoms with Gasteiger partial charge in [-0.2, -0.15) is 0 Å². The molecule has 0 spiro atoms. The molecular formula is C26H31FN2O2. The molecule has 0 saturated heterocycles. The summed E-state index contributed by atoms with van der Waals surface area (Å²) in [6.45, 7) is 5.64. The molecule has 0 aromatic heterocycles. The quantitative estimate of drug-likeness (QED) is 0.336. The molecule has 1 unspecified atom stereocenters. The summed E-state index contributed by atoms with van der Waals surface area (Å²) in [5.41, 5.74) is 4.07. The molecule has 5 heteroatoms. The zero-order valence-electron chi connectivity index (χ0n) is 18.5. The third kappa shape index (κ3) is 7.85. The van der Waals surface area contributed by atoms with Crippen LogP contribution in [0.5, 0.6) is 0 Å². The van der Waals surface area contributed by atoms with E-state index in [1.807, 2.05) is 55.5 Å². The van der Waals surface area contributed by atoms with Gasteiger partial charge in [-0.3, -0.25) is 4.79 Å². The van der Waals surface area contributed by atoms with Gasteiger partial charge in [-0.1, -0.05) is 74.9 Å². The van der Waals surface area contributed by atoms with Gasteiger partial charge < -0.3 is 10.6 Å². The van der Waals surface area contributed by atoms with Crippen molar-refractivity contribution in [1.82, 2.24) is 5.32 Å². The van der Waals surface area contributed by atoms with E-state index in [1.165, 1.54) is 0 Å². The van der Waals surface area contributed by atoms with Crippen LogP contribution >= 0.6 is 0 Å². The molecule has 0 saturated carbocycles. The van der Waals surface area contributed by atoms with Crippen LogP contribution in [-0.2, 0) is 0 Å². The number of benzene rings is 2. The molecule has 2 aromatic carbocycles. The normalized spacial score (nSPS) is 12.6. The van der Waals surface area contributed by atoms with Crippen LogP contribution in [0.3, 0.4) is 0 Å². The lowest BCUT2D eigenvalue weighted by Gasteiger charge is -2.10. The van der Waals surface area contributed by atoms with Gasteiger partial charge in [-0.15, -0.1) is 0 Å². The Hall–Kier alpha value is -3.21. The van der Waals surface area contributed by atoms with Crippen LogP contribution in [0.1, 0.15) is 44.0 Å². The van der Waals surface area contributed by atoms with Gasteiger partial charge in [0.2, 0.25) is 0 Å². The van der Waals surface area contributed by atoms with Gasteiger partial charge in [0.1, 0.15) is 6.67 Å². The van der Waals surface area contributed by atoms with Gasteiger partial charge in [0, 0.05) is 23.7 Å². The highest BCUT2D eigenvalue weighted by atomic mass is 19.1. The number of allylic oxidation sites excluding steroid dienone is 3. The summed E-state index contributed by atoms with van der Waals surface area (Å²) >= 11 is 0. The molecular weight excluding hydrogens is 391 g/mol. The minimum Gasteiger partial charge on any atom is -0.334 e. The summed E-state index contributed by atoms with van der Waals surface area (Å²) in [5.74, 6) is 0.223. The fraction of sp³-hybridized carbons (Fsp3) is 0.308. The van der Waals surface area contributed by atoms with Crippen molar-refractivity contribution in [2.45, 2.75) is 33.6 Å². The maximum atomic E-state index is 12.4. The number of nitrogens with one attached hydrogen (secondary N) is 2. The van der Waals surface area contributed by atoms with E-state index in [1.54, 1.807) is 25.2 Å².